The lowest BCUT2D eigenvalue weighted by atomic mass is 9.81. The van der Waals surface area contributed by atoms with Crippen LogP contribution in [-0.2, 0) is 10.8 Å². The molecular formula is C50H34N4. The second kappa shape index (κ2) is 10.4. The Balaban J connectivity index is 1.30. The molecule has 11 rings (SSSR count). The summed E-state index contributed by atoms with van der Waals surface area (Å²) >= 11 is 0. The smallest absolute Gasteiger partial charge is 0.101 e. The zero-order valence-corrected chi connectivity index (χ0v) is 30.5. The largest absolute Gasteiger partial charge is 0.307 e. The minimum atomic E-state index is -0.284. The molecule has 2 aromatic heterocycles. The lowest BCUT2D eigenvalue weighted by Gasteiger charge is -2.25. The van der Waals surface area contributed by atoms with Crippen LogP contribution in [0.15, 0.2) is 133 Å². The minimum Gasteiger partial charge on any atom is -0.307 e. The molecule has 0 N–H and O–H groups in total. The molecule has 9 aromatic rings. The lowest BCUT2D eigenvalue weighted by Crippen LogP contribution is -2.17. The molecule has 2 aliphatic carbocycles. The van der Waals surface area contributed by atoms with Gasteiger partial charge in [0.05, 0.1) is 44.6 Å². The van der Waals surface area contributed by atoms with E-state index in [9.17, 15) is 10.5 Å². The van der Waals surface area contributed by atoms with E-state index in [0.29, 0.717) is 11.1 Å². The van der Waals surface area contributed by atoms with Crippen molar-refractivity contribution in [2.75, 3.05) is 0 Å². The number of nitrogens with zero attached hydrogens (tertiary/aromatic N) is 4. The van der Waals surface area contributed by atoms with Crippen LogP contribution >= 0.6 is 0 Å². The van der Waals surface area contributed by atoms with Crippen LogP contribution in [0.5, 0.6) is 0 Å². The maximum Gasteiger partial charge on any atom is 0.101 e. The highest BCUT2D eigenvalue weighted by Crippen LogP contribution is 2.55. The van der Waals surface area contributed by atoms with E-state index in [0.717, 1.165) is 55.0 Å². The van der Waals surface area contributed by atoms with Crippen LogP contribution in [0, 0.1) is 22.7 Å². The van der Waals surface area contributed by atoms with E-state index >= 15 is 0 Å². The highest BCUT2D eigenvalue weighted by Gasteiger charge is 2.40. The van der Waals surface area contributed by atoms with Crippen LogP contribution in [0.2, 0.25) is 0 Å². The maximum absolute atomic E-state index is 10.9. The fourth-order valence-corrected chi connectivity index (χ4v) is 10.3. The molecule has 0 spiro atoms. The van der Waals surface area contributed by atoms with Crippen LogP contribution in [-0.4, -0.2) is 9.13 Å². The summed E-state index contributed by atoms with van der Waals surface area (Å²) in [5.74, 6) is 0. The minimum absolute atomic E-state index is 0.284. The van der Waals surface area contributed by atoms with E-state index in [2.05, 4.69) is 176 Å². The van der Waals surface area contributed by atoms with Gasteiger partial charge < -0.3 is 9.13 Å². The van der Waals surface area contributed by atoms with Crippen molar-refractivity contribution in [1.82, 2.24) is 9.13 Å². The molecule has 0 aliphatic heterocycles. The molecule has 2 heterocycles. The summed E-state index contributed by atoms with van der Waals surface area (Å²) in [6, 6.07) is 52.4. The fraction of sp³-hybridized carbons (Fsp3) is 0.120. The van der Waals surface area contributed by atoms with Gasteiger partial charge in [-0.15, -0.1) is 0 Å². The summed E-state index contributed by atoms with van der Waals surface area (Å²) in [4.78, 5) is 0. The Labute approximate surface area is 313 Å². The first-order chi connectivity index (χ1) is 26.3. The van der Waals surface area contributed by atoms with Crippen LogP contribution in [0.4, 0.5) is 0 Å². The standard InChI is InChI=1S/C50H34N4/c1-49(2)39-17-9-5-13-31(39)35-21-23-37-33-15-7-11-19-41(33)53(47(37)45(35)49)43-26-44(30(28-52)25-29(43)27-51)54-42-20-12-8-16-34(42)38-24-22-36-32-14-6-10-18-40(32)50(3,4)46(36)48(38)54/h5-26H,1-4H3. The predicted octanol–water partition coefficient (Wildman–Crippen LogP) is 12.2. The average molecular weight is 691 g/mol. The van der Waals surface area contributed by atoms with E-state index < -0.39 is 0 Å². The average Bonchev–Trinajstić information content (AvgIpc) is 3.86. The zero-order valence-electron chi connectivity index (χ0n) is 30.5. The summed E-state index contributed by atoms with van der Waals surface area (Å²) in [5.41, 5.74) is 16.2. The second-order valence-electron chi connectivity index (χ2n) is 15.9. The predicted molar refractivity (Wildman–Crippen MR) is 220 cm³/mol. The summed E-state index contributed by atoms with van der Waals surface area (Å²) in [5, 5.41) is 26.4. The van der Waals surface area contributed by atoms with Crippen molar-refractivity contribution in [3.05, 3.63) is 167 Å². The van der Waals surface area contributed by atoms with Gasteiger partial charge in [-0.05, 0) is 68.8 Å². The topological polar surface area (TPSA) is 57.4 Å². The normalized spacial score (nSPS) is 14.6. The second-order valence-corrected chi connectivity index (χ2v) is 15.9. The van der Waals surface area contributed by atoms with E-state index in [4.69, 9.17) is 0 Å². The Morgan fingerprint density at radius 3 is 1.28 bits per heavy atom. The molecule has 0 atom stereocenters. The quantitative estimate of drug-likeness (QED) is 0.181. The van der Waals surface area contributed by atoms with Crippen LogP contribution in [0.1, 0.15) is 61.1 Å². The van der Waals surface area contributed by atoms with Crippen LogP contribution < -0.4 is 0 Å². The molecule has 4 nitrogen and oxygen atoms in total. The highest BCUT2D eigenvalue weighted by molar-refractivity contribution is 6.15. The van der Waals surface area contributed by atoms with Crippen molar-refractivity contribution in [2.24, 2.45) is 0 Å². The monoisotopic (exact) mass is 690 g/mol. The molecule has 2 aliphatic rings. The summed E-state index contributed by atoms with van der Waals surface area (Å²) in [6.45, 7) is 9.25. The molecule has 0 saturated carbocycles. The molecule has 54 heavy (non-hydrogen) atoms. The number of para-hydroxylation sites is 2. The molecule has 7 aromatic carbocycles. The van der Waals surface area contributed by atoms with Gasteiger partial charge in [-0.3, -0.25) is 0 Å². The van der Waals surface area contributed by atoms with Gasteiger partial charge in [-0.1, -0.05) is 137 Å². The Morgan fingerprint density at radius 1 is 0.426 bits per heavy atom. The third kappa shape index (κ3) is 3.65. The molecule has 0 bridgehead atoms. The molecule has 0 radical (unpaired) electrons. The summed E-state index contributed by atoms with van der Waals surface area (Å²) < 4.78 is 4.61. The molecule has 4 heteroatoms. The number of benzene rings is 7. The lowest BCUT2D eigenvalue weighted by molar-refractivity contribution is 0.664. The first-order valence-corrected chi connectivity index (χ1v) is 18.6. The van der Waals surface area contributed by atoms with Crippen molar-refractivity contribution in [2.45, 2.75) is 38.5 Å². The molecule has 254 valence electrons. The van der Waals surface area contributed by atoms with Gasteiger partial charge in [0.15, 0.2) is 0 Å². The molecule has 0 amide bonds. The third-order valence-electron chi connectivity index (χ3n) is 12.5. The molecule has 0 unspecified atom stereocenters. The number of rotatable bonds is 2. The van der Waals surface area contributed by atoms with Crippen molar-refractivity contribution in [1.29, 1.82) is 10.5 Å². The van der Waals surface area contributed by atoms with Gasteiger partial charge in [0.25, 0.3) is 0 Å². The summed E-state index contributed by atoms with van der Waals surface area (Å²) in [7, 11) is 0. The fourth-order valence-electron chi connectivity index (χ4n) is 10.3. The van der Waals surface area contributed by atoms with Crippen molar-refractivity contribution in [3.8, 4) is 45.8 Å². The summed E-state index contributed by atoms with van der Waals surface area (Å²) in [6.07, 6.45) is 0. The SMILES string of the molecule is CC1(C)c2ccccc2-c2ccc3c4ccccc4n(-c4cc(-n5c6ccccc6c6ccc7c(c65)C(C)(C)c5ccccc5-7)c(C#N)cc4C#N)c3c21. The number of hydrogen-bond acceptors (Lipinski definition) is 2. The van der Waals surface area contributed by atoms with E-state index in [1.54, 1.807) is 6.07 Å². The van der Waals surface area contributed by atoms with Gasteiger partial charge in [0.2, 0.25) is 0 Å². The molecule has 0 saturated heterocycles. The van der Waals surface area contributed by atoms with Gasteiger partial charge in [0.1, 0.15) is 12.1 Å². The third-order valence-corrected chi connectivity index (χ3v) is 12.5. The zero-order chi connectivity index (χ0) is 36.7. The number of nitriles is 2. The van der Waals surface area contributed by atoms with Gasteiger partial charge in [-0.2, -0.15) is 10.5 Å². The van der Waals surface area contributed by atoms with Crippen molar-refractivity contribution in [3.63, 3.8) is 0 Å². The Kier molecular flexibility index (Phi) is 5.90. The van der Waals surface area contributed by atoms with Gasteiger partial charge >= 0.3 is 0 Å². The molecular weight excluding hydrogens is 657 g/mol. The Morgan fingerprint density at radius 2 is 0.833 bits per heavy atom. The molecule has 0 fully saturated rings. The number of fused-ring (bicyclic) bond motifs is 14. The van der Waals surface area contributed by atoms with Crippen LogP contribution in [0.25, 0.3) is 77.2 Å². The van der Waals surface area contributed by atoms with Gasteiger partial charge in [-0.25, -0.2) is 0 Å². The van der Waals surface area contributed by atoms with Crippen molar-refractivity contribution < 1.29 is 0 Å². The Hall–Kier alpha value is -6.88. The van der Waals surface area contributed by atoms with E-state index in [-0.39, 0.29) is 10.8 Å². The first kappa shape index (κ1) is 30.7. The number of hydrogen-bond donors (Lipinski definition) is 0. The van der Waals surface area contributed by atoms with Crippen molar-refractivity contribution >= 4 is 43.6 Å². The maximum atomic E-state index is 10.9. The first-order valence-electron chi connectivity index (χ1n) is 18.6. The number of aromatic nitrogens is 2. The van der Waals surface area contributed by atoms with Crippen LogP contribution in [0.3, 0.4) is 0 Å². The van der Waals surface area contributed by atoms with E-state index in [1.807, 2.05) is 0 Å². The Bertz CT molecular complexity index is 3030. The van der Waals surface area contributed by atoms with Gasteiger partial charge in [0, 0.05) is 32.4 Å². The highest BCUT2D eigenvalue weighted by atomic mass is 15.0. The van der Waals surface area contributed by atoms with E-state index in [1.165, 1.54) is 44.5 Å².